The van der Waals surface area contributed by atoms with Gasteiger partial charge in [0, 0.05) is 5.56 Å². The van der Waals surface area contributed by atoms with Gasteiger partial charge in [-0.05, 0) is 53.7 Å². The smallest absolute Gasteiger partial charge is 0.410 e. The number of alkyl carbamates (subject to hydrolysis) is 2. The van der Waals surface area contributed by atoms with Crippen LogP contribution in [0.25, 0.3) is 0 Å². The highest BCUT2D eigenvalue weighted by Gasteiger charge is 2.22. The first-order chi connectivity index (χ1) is 11.4. The predicted molar refractivity (Wildman–Crippen MR) is 95.8 cm³/mol. The summed E-state index contributed by atoms with van der Waals surface area (Å²) in [4.78, 5) is 23.9. The Labute approximate surface area is 149 Å². The summed E-state index contributed by atoms with van der Waals surface area (Å²) in [6.07, 6.45) is -2.32. The van der Waals surface area contributed by atoms with Gasteiger partial charge in [0.05, 0.1) is 0 Å². The predicted octanol–water partition coefficient (Wildman–Crippen LogP) is 3.41. The van der Waals surface area contributed by atoms with Crippen LogP contribution in [0.15, 0.2) is 30.3 Å². The van der Waals surface area contributed by atoms with E-state index in [4.69, 9.17) is 9.47 Å². The lowest BCUT2D eigenvalue weighted by molar-refractivity contribution is 0.0451. The maximum atomic E-state index is 12.0. The van der Waals surface area contributed by atoms with Gasteiger partial charge in [-0.1, -0.05) is 30.0 Å². The molecule has 0 aromatic heterocycles. The summed E-state index contributed by atoms with van der Waals surface area (Å²) in [7, 11) is 0. The van der Waals surface area contributed by atoms with E-state index < -0.39 is 29.6 Å². The summed E-state index contributed by atoms with van der Waals surface area (Å²) < 4.78 is 10.4. The average molecular weight is 346 g/mol. The molecule has 0 fully saturated rings. The largest absolute Gasteiger partial charge is 0.444 e. The molecule has 1 aromatic carbocycles. The van der Waals surface area contributed by atoms with Gasteiger partial charge in [-0.2, -0.15) is 0 Å². The molecule has 136 valence electrons. The van der Waals surface area contributed by atoms with Crippen molar-refractivity contribution < 1.29 is 19.1 Å². The second-order valence-electron chi connectivity index (χ2n) is 7.36. The SMILES string of the molecule is CC(C)(C)OC(=O)NC(C#Cc1ccccc1)NC(=O)OC(C)(C)C. The van der Waals surface area contributed by atoms with Crippen molar-refractivity contribution in [1.29, 1.82) is 0 Å². The number of amides is 2. The molecule has 6 nitrogen and oxygen atoms in total. The Bertz CT molecular complexity index is 616. The van der Waals surface area contributed by atoms with Gasteiger partial charge in [0.25, 0.3) is 0 Å². The highest BCUT2D eigenvalue weighted by atomic mass is 16.6. The van der Waals surface area contributed by atoms with Crippen LogP contribution >= 0.6 is 0 Å². The van der Waals surface area contributed by atoms with E-state index in [-0.39, 0.29) is 0 Å². The van der Waals surface area contributed by atoms with Crippen molar-refractivity contribution in [3.8, 4) is 11.8 Å². The maximum absolute atomic E-state index is 12.0. The van der Waals surface area contributed by atoms with Gasteiger partial charge in [-0.25, -0.2) is 9.59 Å². The Morgan fingerprint density at radius 2 is 1.32 bits per heavy atom. The third kappa shape index (κ3) is 9.92. The molecule has 0 saturated heterocycles. The zero-order valence-corrected chi connectivity index (χ0v) is 15.6. The first kappa shape index (κ1) is 20.4. The molecule has 0 unspecified atom stereocenters. The van der Waals surface area contributed by atoms with E-state index in [1.807, 2.05) is 30.3 Å². The Hall–Kier alpha value is -2.68. The first-order valence-electron chi connectivity index (χ1n) is 8.00. The zero-order valence-electron chi connectivity index (χ0n) is 15.6. The number of nitrogens with one attached hydrogen (secondary N) is 2. The van der Waals surface area contributed by atoms with Crippen molar-refractivity contribution in [3.63, 3.8) is 0 Å². The van der Waals surface area contributed by atoms with Crippen LogP contribution in [0.5, 0.6) is 0 Å². The van der Waals surface area contributed by atoms with Crippen LogP contribution in [0, 0.1) is 11.8 Å². The van der Waals surface area contributed by atoms with Crippen LogP contribution in [0.2, 0.25) is 0 Å². The van der Waals surface area contributed by atoms with E-state index >= 15 is 0 Å². The summed E-state index contributed by atoms with van der Waals surface area (Å²) in [5.74, 6) is 5.69. The standard InChI is InChI=1S/C19H26N2O4/c1-18(2,3)24-16(22)20-15(21-17(23)25-19(4,5)6)13-12-14-10-8-7-9-11-14/h7-11,15H,1-6H3,(H,20,22)(H,21,23). The fraction of sp³-hybridized carbons (Fsp3) is 0.474. The van der Waals surface area contributed by atoms with Gasteiger partial charge in [-0.15, -0.1) is 0 Å². The lowest BCUT2D eigenvalue weighted by Gasteiger charge is -2.24. The molecule has 0 aliphatic carbocycles. The number of hydrogen-bond donors (Lipinski definition) is 2. The molecule has 0 saturated carbocycles. The van der Waals surface area contributed by atoms with Gasteiger partial charge in [-0.3, -0.25) is 10.6 Å². The maximum Gasteiger partial charge on any atom is 0.410 e. The Morgan fingerprint density at radius 1 is 0.880 bits per heavy atom. The Balaban J connectivity index is 2.85. The summed E-state index contributed by atoms with van der Waals surface area (Å²) in [6.45, 7) is 10.5. The highest BCUT2D eigenvalue weighted by molar-refractivity contribution is 5.72. The van der Waals surface area contributed by atoms with Crippen LogP contribution in [0.3, 0.4) is 0 Å². The molecule has 0 radical (unpaired) electrons. The van der Waals surface area contributed by atoms with Crippen LogP contribution in [-0.2, 0) is 9.47 Å². The number of carbonyl (C=O) groups is 2. The zero-order chi connectivity index (χ0) is 19.1. The molecule has 0 aliphatic rings. The van der Waals surface area contributed by atoms with Crippen molar-refractivity contribution in [2.75, 3.05) is 0 Å². The molecule has 6 heteroatoms. The number of ether oxygens (including phenoxy) is 2. The molecule has 0 atom stereocenters. The fourth-order valence-electron chi connectivity index (χ4n) is 1.64. The average Bonchev–Trinajstić information content (AvgIpc) is 2.41. The number of hydrogen-bond acceptors (Lipinski definition) is 4. The lowest BCUT2D eigenvalue weighted by Crippen LogP contribution is -2.49. The number of benzene rings is 1. The third-order valence-corrected chi connectivity index (χ3v) is 2.46. The van der Waals surface area contributed by atoms with Gasteiger partial charge >= 0.3 is 12.2 Å². The second kappa shape index (κ2) is 8.43. The van der Waals surface area contributed by atoms with E-state index in [1.54, 1.807) is 41.5 Å². The molecule has 1 rings (SSSR count). The van der Waals surface area contributed by atoms with Crippen LogP contribution < -0.4 is 10.6 Å². The Morgan fingerprint density at radius 3 is 1.72 bits per heavy atom. The van der Waals surface area contributed by atoms with E-state index in [2.05, 4.69) is 22.5 Å². The van der Waals surface area contributed by atoms with Crippen molar-refractivity contribution >= 4 is 12.2 Å². The van der Waals surface area contributed by atoms with Crippen LogP contribution in [0.4, 0.5) is 9.59 Å². The third-order valence-electron chi connectivity index (χ3n) is 2.46. The van der Waals surface area contributed by atoms with Crippen LogP contribution in [0.1, 0.15) is 47.1 Å². The van der Waals surface area contributed by atoms with Gasteiger partial charge in [0.15, 0.2) is 6.17 Å². The van der Waals surface area contributed by atoms with Crippen molar-refractivity contribution in [3.05, 3.63) is 35.9 Å². The minimum Gasteiger partial charge on any atom is -0.444 e. The van der Waals surface area contributed by atoms with E-state index in [1.165, 1.54) is 0 Å². The summed E-state index contributed by atoms with van der Waals surface area (Å²) >= 11 is 0. The molecular formula is C19H26N2O4. The Kier molecular flexibility index (Phi) is 6.86. The number of rotatable bonds is 2. The minimum absolute atomic E-state index is 0.659. The molecular weight excluding hydrogens is 320 g/mol. The molecule has 2 amide bonds. The highest BCUT2D eigenvalue weighted by Crippen LogP contribution is 2.08. The summed E-state index contributed by atoms with van der Waals surface area (Å²) in [6, 6.07) is 9.22. The van der Waals surface area contributed by atoms with Crippen molar-refractivity contribution in [1.82, 2.24) is 10.6 Å². The molecule has 0 bridgehead atoms. The minimum atomic E-state index is -0.954. The van der Waals surface area contributed by atoms with Crippen LogP contribution in [-0.4, -0.2) is 29.6 Å². The molecule has 0 spiro atoms. The van der Waals surface area contributed by atoms with Gasteiger partial charge < -0.3 is 9.47 Å². The fourth-order valence-corrected chi connectivity index (χ4v) is 1.64. The molecule has 0 heterocycles. The van der Waals surface area contributed by atoms with E-state index in [0.717, 1.165) is 5.56 Å². The van der Waals surface area contributed by atoms with Gasteiger partial charge in [0.2, 0.25) is 0 Å². The van der Waals surface area contributed by atoms with Gasteiger partial charge in [0.1, 0.15) is 11.2 Å². The second-order valence-corrected chi connectivity index (χ2v) is 7.36. The molecule has 25 heavy (non-hydrogen) atoms. The number of carbonyl (C=O) groups excluding carboxylic acids is 2. The normalized spacial score (nSPS) is 11.2. The molecule has 1 aromatic rings. The lowest BCUT2D eigenvalue weighted by atomic mass is 10.2. The first-order valence-corrected chi connectivity index (χ1v) is 8.00. The van der Waals surface area contributed by atoms with Crippen molar-refractivity contribution in [2.24, 2.45) is 0 Å². The monoisotopic (exact) mass is 346 g/mol. The molecule has 0 aliphatic heterocycles. The topological polar surface area (TPSA) is 76.7 Å². The summed E-state index contributed by atoms with van der Waals surface area (Å²) in [5, 5.41) is 5.03. The quantitative estimate of drug-likeness (QED) is 0.635. The van der Waals surface area contributed by atoms with E-state index in [0.29, 0.717) is 0 Å². The molecule has 2 N–H and O–H groups in total. The van der Waals surface area contributed by atoms with E-state index in [9.17, 15) is 9.59 Å². The summed E-state index contributed by atoms with van der Waals surface area (Å²) in [5.41, 5.74) is -0.564. The van der Waals surface area contributed by atoms with Crippen molar-refractivity contribution in [2.45, 2.75) is 58.9 Å².